The van der Waals surface area contributed by atoms with Crippen LogP contribution in [0.25, 0.3) is 11.5 Å². The van der Waals surface area contributed by atoms with Gasteiger partial charge in [-0.15, -0.1) is 0 Å². The first-order valence-electron chi connectivity index (χ1n) is 8.85. The SMILES string of the molecule is COc1cccc2c1CCN(c1cc(-c3nc(C(C)C)no3)ccn1)C2. The van der Waals surface area contributed by atoms with Gasteiger partial charge in [0.15, 0.2) is 5.82 Å². The van der Waals surface area contributed by atoms with Gasteiger partial charge in [0.1, 0.15) is 11.6 Å². The van der Waals surface area contributed by atoms with E-state index in [2.05, 4.69) is 26.1 Å². The molecule has 134 valence electrons. The molecule has 0 saturated heterocycles. The Morgan fingerprint density at radius 2 is 2.12 bits per heavy atom. The third-order valence-electron chi connectivity index (χ3n) is 4.72. The van der Waals surface area contributed by atoms with Gasteiger partial charge in [0.2, 0.25) is 0 Å². The maximum Gasteiger partial charge on any atom is 0.258 e. The van der Waals surface area contributed by atoms with Crippen LogP contribution in [0.15, 0.2) is 41.1 Å². The van der Waals surface area contributed by atoms with Crippen LogP contribution in [0.5, 0.6) is 5.75 Å². The predicted octanol–water partition coefficient (Wildman–Crippen LogP) is 3.83. The molecule has 1 aromatic carbocycles. The summed E-state index contributed by atoms with van der Waals surface area (Å²) in [6.45, 7) is 5.80. The van der Waals surface area contributed by atoms with Crippen molar-refractivity contribution in [1.82, 2.24) is 15.1 Å². The minimum Gasteiger partial charge on any atom is -0.496 e. The number of anilines is 1. The van der Waals surface area contributed by atoms with Crippen LogP contribution < -0.4 is 9.64 Å². The summed E-state index contributed by atoms with van der Waals surface area (Å²) >= 11 is 0. The lowest BCUT2D eigenvalue weighted by atomic mass is 9.98. The highest BCUT2D eigenvalue weighted by molar-refractivity contribution is 5.59. The second-order valence-corrected chi connectivity index (χ2v) is 6.78. The van der Waals surface area contributed by atoms with Crippen molar-refractivity contribution in [2.24, 2.45) is 0 Å². The molecule has 0 radical (unpaired) electrons. The number of methoxy groups -OCH3 is 1. The van der Waals surface area contributed by atoms with E-state index in [1.807, 2.05) is 38.1 Å². The van der Waals surface area contributed by atoms with Gasteiger partial charge in [-0.25, -0.2) is 4.98 Å². The standard InChI is InChI=1S/C20H22N4O2/c1-13(2)19-22-20(26-23-19)14-7-9-21-18(11-14)24-10-8-16-15(12-24)5-4-6-17(16)25-3/h4-7,9,11,13H,8,10,12H2,1-3H3. The molecule has 0 fully saturated rings. The number of hydrogen-bond donors (Lipinski definition) is 0. The van der Waals surface area contributed by atoms with E-state index in [-0.39, 0.29) is 5.92 Å². The van der Waals surface area contributed by atoms with Crippen molar-refractivity contribution in [3.05, 3.63) is 53.5 Å². The summed E-state index contributed by atoms with van der Waals surface area (Å²) in [6, 6.07) is 10.1. The fraction of sp³-hybridized carbons (Fsp3) is 0.350. The normalized spacial score (nSPS) is 13.8. The number of benzene rings is 1. The summed E-state index contributed by atoms with van der Waals surface area (Å²) < 4.78 is 10.9. The van der Waals surface area contributed by atoms with Gasteiger partial charge in [-0.1, -0.05) is 31.1 Å². The first kappa shape index (κ1) is 16.6. The maximum absolute atomic E-state index is 5.49. The molecule has 6 heteroatoms. The number of hydrogen-bond acceptors (Lipinski definition) is 6. The van der Waals surface area contributed by atoms with Crippen molar-refractivity contribution in [1.29, 1.82) is 0 Å². The molecule has 0 bridgehead atoms. The molecule has 0 atom stereocenters. The van der Waals surface area contributed by atoms with Gasteiger partial charge in [-0.2, -0.15) is 4.98 Å². The number of rotatable bonds is 4. The Bertz CT molecular complexity index is 920. The highest BCUT2D eigenvalue weighted by atomic mass is 16.5. The molecule has 4 rings (SSSR count). The predicted molar refractivity (Wildman–Crippen MR) is 99.4 cm³/mol. The molecule has 0 saturated carbocycles. The van der Waals surface area contributed by atoms with Crippen molar-refractivity contribution >= 4 is 5.82 Å². The fourth-order valence-corrected chi connectivity index (χ4v) is 3.27. The smallest absolute Gasteiger partial charge is 0.258 e. The Kier molecular flexibility index (Phi) is 4.32. The average molecular weight is 350 g/mol. The summed E-state index contributed by atoms with van der Waals surface area (Å²) in [6.07, 6.45) is 2.73. The van der Waals surface area contributed by atoms with Gasteiger partial charge in [0.25, 0.3) is 5.89 Å². The van der Waals surface area contributed by atoms with Crippen molar-refractivity contribution in [3.8, 4) is 17.2 Å². The third-order valence-corrected chi connectivity index (χ3v) is 4.72. The Morgan fingerprint density at radius 1 is 1.23 bits per heavy atom. The highest BCUT2D eigenvalue weighted by Crippen LogP contribution is 2.31. The second-order valence-electron chi connectivity index (χ2n) is 6.78. The summed E-state index contributed by atoms with van der Waals surface area (Å²) in [4.78, 5) is 11.3. The van der Waals surface area contributed by atoms with Crippen LogP contribution in [0.3, 0.4) is 0 Å². The lowest BCUT2D eigenvalue weighted by Gasteiger charge is -2.30. The topological polar surface area (TPSA) is 64.3 Å². The number of ether oxygens (including phenoxy) is 1. The first-order valence-corrected chi connectivity index (χ1v) is 8.85. The molecular formula is C20H22N4O2. The van der Waals surface area contributed by atoms with Crippen LogP contribution >= 0.6 is 0 Å². The minimum atomic E-state index is 0.238. The Hall–Kier alpha value is -2.89. The van der Waals surface area contributed by atoms with Crippen LogP contribution in [0.1, 0.15) is 36.7 Å². The Balaban J connectivity index is 1.61. The summed E-state index contributed by atoms with van der Waals surface area (Å²) in [5, 5.41) is 4.05. The molecule has 0 unspecified atom stereocenters. The molecular weight excluding hydrogens is 328 g/mol. The maximum atomic E-state index is 5.49. The lowest BCUT2D eigenvalue weighted by molar-refractivity contribution is 0.407. The molecule has 0 aliphatic carbocycles. The Labute approximate surface area is 152 Å². The monoisotopic (exact) mass is 350 g/mol. The van der Waals surface area contributed by atoms with E-state index in [1.165, 1.54) is 11.1 Å². The summed E-state index contributed by atoms with van der Waals surface area (Å²) in [5.74, 6) is 3.38. The fourth-order valence-electron chi connectivity index (χ4n) is 3.27. The van der Waals surface area contributed by atoms with E-state index < -0.39 is 0 Å². The quantitative estimate of drug-likeness (QED) is 0.713. The van der Waals surface area contributed by atoms with Crippen LogP contribution in [-0.2, 0) is 13.0 Å². The molecule has 3 aromatic rings. The van der Waals surface area contributed by atoms with E-state index in [4.69, 9.17) is 9.26 Å². The van der Waals surface area contributed by atoms with Crippen molar-refractivity contribution < 1.29 is 9.26 Å². The van der Waals surface area contributed by atoms with Crippen LogP contribution in [0.4, 0.5) is 5.82 Å². The van der Waals surface area contributed by atoms with Crippen LogP contribution in [0, 0.1) is 0 Å². The molecule has 6 nitrogen and oxygen atoms in total. The van der Waals surface area contributed by atoms with Gasteiger partial charge >= 0.3 is 0 Å². The van der Waals surface area contributed by atoms with Gasteiger partial charge in [-0.3, -0.25) is 0 Å². The zero-order chi connectivity index (χ0) is 18.1. The number of pyridine rings is 1. The zero-order valence-corrected chi connectivity index (χ0v) is 15.3. The van der Waals surface area contributed by atoms with Crippen molar-refractivity contribution in [2.75, 3.05) is 18.6 Å². The molecule has 26 heavy (non-hydrogen) atoms. The van der Waals surface area contributed by atoms with Crippen LogP contribution in [0.2, 0.25) is 0 Å². The third kappa shape index (κ3) is 3.03. The number of aromatic nitrogens is 3. The van der Waals surface area contributed by atoms with E-state index in [9.17, 15) is 0 Å². The van der Waals surface area contributed by atoms with Crippen molar-refractivity contribution in [3.63, 3.8) is 0 Å². The minimum absolute atomic E-state index is 0.238. The second kappa shape index (κ2) is 6.78. The molecule has 0 N–H and O–H groups in total. The zero-order valence-electron chi connectivity index (χ0n) is 15.3. The molecule has 0 spiro atoms. The summed E-state index contributed by atoms with van der Waals surface area (Å²) in [5.41, 5.74) is 3.47. The lowest BCUT2D eigenvalue weighted by Crippen LogP contribution is -2.31. The molecule has 1 aliphatic heterocycles. The van der Waals surface area contributed by atoms with E-state index in [1.54, 1.807) is 13.3 Å². The van der Waals surface area contributed by atoms with Gasteiger partial charge in [0.05, 0.1) is 7.11 Å². The number of nitrogens with zero attached hydrogens (tertiary/aromatic N) is 4. The van der Waals surface area contributed by atoms with Gasteiger partial charge in [-0.05, 0) is 30.2 Å². The van der Waals surface area contributed by atoms with Crippen LogP contribution in [-0.4, -0.2) is 28.8 Å². The molecule has 3 heterocycles. The first-order chi connectivity index (χ1) is 12.7. The van der Waals surface area contributed by atoms with Gasteiger partial charge < -0.3 is 14.2 Å². The molecule has 1 aliphatic rings. The van der Waals surface area contributed by atoms with E-state index in [0.717, 1.165) is 42.5 Å². The largest absolute Gasteiger partial charge is 0.496 e. The molecule has 0 amide bonds. The Morgan fingerprint density at radius 3 is 2.88 bits per heavy atom. The van der Waals surface area contributed by atoms with E-state index >= 15 is 0 Å². The van der Waals surface area contributed by atoms with Gasteiger partial charge in [0, 0.05) is 36.3 Å². The number of fused-ring (bicyclic) bond motifs is 1. The summed E-state index contributed by atoms with van der Waals surface area (Å²) in [7, 11) is 1.73. The highest BCUT2D eigenvalue weighted by Gasteiger charge is 2.21. The molecule has 2 aromatic heterocycles. The average Bonchev–Trinajstić information content (AvgIpc) is 3.18. The van der Waals surface area contributed by atoms with Crippen molar-refractivity contribution in [2.45, 2.75) is 32.7 Å². The van der Waals surface area contributed by atoms with E-state index in [0.29, 0.717) is 5.89 Å².